The van der Waals surface area contributed by atoms with E-state index in [-0.39, 0.29) is 0 Å². The van der Waals surface area contributed by atoms with Crippen LogP contribution < -0.4 is 5.73 Å². The van der Waals surface area contributed by atoms with Crippen molar-refractivity contribution in [3.8, 4) is 11.1 Å². The summed E-state index contributed by atoms with van der Waals surface area (Å²) in [5.74, 6) is 0. The number of hydrogen-bond acceptors (Lipinski definition) is 2. The van der Waals surface area contributed by atoms with Crippen LogP contribution in [-0.4, -0.2) is 16.3 Å². The van der Waals surface area contributed by atoms with Crippen LogP contribution in [0.5, 0.6) is 0 Å². The van der Waals surface area contributed by atoms with E-state index >= 15 is 0 Å². The number of aryl methyl sites for hydroxylation is 1. The van der Waals surface area contributed by atoms with Crippen molar-refractivity contribution >= 4 is 11.6 Å². The molecule has 2 N–H and O–H groups in total. The second-order valence-corrected chi connectivity index (χ2v) is 4.18. The molecule has 0 atom stereocenters. The van der Waals surface area contributed by atoms with Crippen LogP contribution >= 0.6 is 11.6 Å². The van der Waals surface area contributed by atoms with Gasteiger partial charge in [0.2, 0.25) is 0 Å². The second kappa shape index (κ2) is 4.68. The van der Waals surface area contributed by atoms with Gasteiger partial charge in [-0.15, -0.1) is 0 Å². The topological polar surface area (TPSA) is 43.8 Å². The van der Waals surface area contributed by atoms with Gasteiger partial charge in [0.05, 0.1) is 12.7 Å². The van der Waals surface area contributed by atoms with Gasteiger partial charge < -0.3 is 5.73 Å². The SMILES string of the molecule is Cc1ccc(Cl)cc1-c1cnn(CCN)c1. The van der Waals surface area contributed by atoms with Gasteiger partial charge in [-0.2, -0.15) is 5.10 Å². The second-order valence-electron chi connectivity index (χ2n) is 3.74. The summed E-state index contributed by atoms with van der Waals surface area (Å²) in [7, 11) is 0. The lowest BCUT2D eigenvalue weighted by Gasteiger charge is -2.03. The molecular weight excluding hydrogens is 222 g/mol. The molecule has 0 aliphatic rings. The molecule has 3 nitrogen and oxygen atoms in total. The first kappa shape index (κ1) is 11.2. The Balaban J connectivity index is 2.38. The fourth-order valence-corrected chi connectivity index (χ4v) is 1.83. The van der Waals surface area contributed by atoms with Gasteiger partial charge in [-0.1, -0.05) is 17.7 Å². The molecule has 2 aromatic rings. The van der Waals surface area contributed by atoms with Crippen LogP contribution in [0.3, 0.4) is 0 Å². The Bertz CT molecular complexity index is 491. The third-order valence-electron chi connectivity index (χ3n) is 2.50. The largest absolute Gasteiger partial charge is 0.329 e. The van der Waals surface area contributed by atoms with E-state index in [1.807, 2.05) is 35.3 Å². The minimum atomic E-state index is 0.593. The molecule has 0 fully saturated rings. The van der Waals surface area contributed by atoms with Crippen LogP contribution in [0.2, 0.25) is 5.02 Å². The average molecular weight is 236 g/mol. The quantitative estimate of drug-likeness (QED) is 0.888. The summed E-state index contributed by atoms with van der Waals surface area (Å²) in [5, 5.41) is 4.99. The van der Waals surface area contributed by atoms with E-state index in [1.54, 1.807) is 0 Å². The summed E-state index contributed by atoms with van der Waals surface area (Å²) >= 11 is 5.99. The zero-order valence-electron chi connectivity index (χ0n) is 9.15. The van der Waals surface area contributed by atoms with Gasteiger partial charge in [0.25, 0.3) is 0 Å². The Morgan fingerprint density at radius 3 is 3.00 bits per heavy atom. The Morgan fingerprint density at radius 1 is 1.44 bits per heavy atom. The Hall–Kier alpha value is -1.32. The number of halogens is 1. The van der Waals surface area contributed by atoms with E-state index in [0.717, 1.165) is 22.7 Å². The van der Waals surface area contributed by atoms with Crippen LogP contribution in [0.15, 0.2) is 30.6 Å². The molecule has 0 spiro atoms. The van der Waals surface area contributed by atoms with Crippen molar-refractivity contribution in [2.45, 2.75) is 13.5 Å². The van der Waals surface area contributed by atoms with Gasteiger partial charge >= 0.3 is 0 Å². The van der Waals surface area contributed by atoms with Crippen molar-refractivity contribution in [3.63, 3.8) is 0 Å². The molecule has 0 aliphatic heterocycles. The number of nitrogens with two attached hydrogens (primary N) is 1. The first-order valence-electron chi connectivity index (χ1n) is 5.20. The van der Waals surface area contributed by atoms with Crippen LogP contribution in [0.1, 0.15) is 5.56 Å². The van der Waals surface area contributed by atoms with Crippen molar-refractivity contribution in [1.82, 2.24) is 9.78 Å². The van der Waals surface area contributed by atoms with Crippen molar-refractivity contribution in [3.05, 3.63) is 41.2 Å². The fourth-order valence-electron chi connectivity index (χ4n) is 1.66. The molecule has 84 valence electrons. The molecule has 2 rings (SSSR count). The third kappa shape index (κ3) is 2.26. The van der Waals surface area contributed by atoms with E-state index in [2.05, 4.69) is 12.0 Å². The van der Waals surface area contributed by atoms with Crippen LogP contribution in [-0.2, 0) is 6.54 Å². The molecule has 0 saturated heterocycles. The molecule has 0 bridgehead atoms. The fraction of sp³-hybridized carbons (Fsp3) is 0.250. The molecule has 1 aromatic heterocycles. The van der Waals surface area contributed by atoms with Gasteiger partial charge in [0, 0.05) is 23.3 Å². The van der Waals surface area contributed by atoms with Crippen molar-refractivity contribution in [2.75, 3.05) is 6.54 Å². The van der Waals surface area contributed by atoms with Crippen molar-refractivity contribution < 1.29 is 0 Å². The number of benzene rings is 1. The lowest BCUT2D eigenvalue weighted by molar-refractivity contribution is 0.625. The lowest BCUT2D eigenvalue weighted by atomic mass is 10.0. The normalized spacial score (nSPS) is 10.7. The highest BCUT2D eigenvalue weighted by Gasteiger charge is 2.05. The summed E-state index contributed by atoms with van der Waals surface area (Å²) in [6, 6.07) is 5.86. The Morgan fingerprint density at radius 2 is 2.25 bits per heavy atom. The molecule has 0 saturated carbocycles. The van der Waals surface area contributed by atoms with Crippen molar-refractivity contribution in [1.29, 1.82) is 0 Å². The first-order chi connectivity index (χ1) is 7.70. The summed E-state index contributed by atoms with van der Waals surface area (Å²) in [6.07, 6.45) is 3.83. The van der Waals surface area contributed by atoms with E-state index in [1.165, 1.54) is 5.56 Å². The summed E-state index contributed by atoms with van der Waals surface area (Å²) < 4.78 is 1.84. The number of nitrogens with zero attached hydrogens (tertiary/aromatic N) is 2. The summed E-state index contributed by atoms with van der Waals surface area (Å²) in [5.41, 5.74) is 8.87. The lowest BCUT2D eigenvalue weighted by Crippen LogP contribution is -2.09. The highest BCUT2D eigenvalue weighted by atomic mass is 35.5. The molecule has 1 aromatic carbocycles. The highest BCUT2D eigenvalue weighted by Crippen LogP contribution is 2.25. The predicted octanol–water partition coefficient (Wildman–Crippen LogP) is 2.47. The number of rotatable bonds is 3. The maximum absolute atomic E-state index is 5.99. The number of aromatic nitrogens is 2. The van der Waals surface area contributed by atoms with Crippen LogP contribution in [0, 0.1) is 6.92 Å². The minimum Gasteiger partial charge on any atom is -0.329 e. The summed E-state index contributed by atoms with van der Waals surface area (Å²) in [4.78, 5) is 0. The molecule has 4 heteroatoms. The van der Waals surface area contributed by atoms with Gasteiger partial charge in [0.15, 0.2) is 0 Å². The van der Waals surface area contributed by atoms with Crippen LogP contribution in [0.4, 0.5) is 0 Å². The first-order valence-corrected chi connectivity index (χ1v) is 5.57. The molecular formula is C12H14ClN3. The van der Waals surface area contributed by atoms with Gasteiger partial charge in [-0.3, -0.25) is 4.68 Å². The minimum absolute atomic E-state index is 0.593. The monoisotopic (exact) mass is 235 g/mol. The smallest absolute Gasteiger partial charge is 0.0568 e. The molecule has 0 aliphatic carbocycles. The Kier molecular flexibility index (Phi) is 3.27. The maximum Gasteiger partial charge on any atom is 0.0568 e. The Labute approximate surface area is 99.8 Å². The van der Waals surface area contributed by atoms with Gasteiger partial charge in [0.1, 0.15) is 0 Å². The van der Waals surface area contributed by atoms with Crippen molar-refractivity contribution in [2.24, 2.45) is 5.73 Å². The molecule has 0 amide bonds. The highest BCUT2D eigenvalue weighted by molar-refractivity contribution is 6.30. The van der Waals surface area contributed by atoms with Gasteiger partial charge in [-0.25, -0.2) is 0 Å². The zero-order chi connectivity index (χ0) is 11.5. The zero-order valence-corrected chi connectivity index (χ0v) is 9.91. The predicted molar refractivity (Wildman–Crippen MR) is 66.5 cm³/mol. The molecule has 1 heterocycles. The standard InChI is InChI=1S/C12H14ClN3/c1-9-2-3-11(13)6-12(9)10-7-15-16(8-10)5-4-14/h2-3,6-8H,4-5,14H2,1H3. The maximum atomic E-state index is 5.99. The van der Waals surface area contributed by atoms with E-state index in [0.29, 0.717) is 6.54 Å². The van der Waals surface area contributed by atoms with Gasteiger partial charge in [-0.05, 0) is 30.2 Å². The molecule has 0 unspecified atom stereocenters. The number of hydrogen-bond donors (Lipinski definition) is 1. The van der Waals surface area contributed by atoms with Crippen LogP contribution in [0.25, 0.3) is 11.1 Å². The van der Waals surface area contributed by atoms with E-state index < -0.39 is 0 Å². The molecule has 0 radical (unpaired) electrons. The molecule has 16 heavy (non-hydrogen) atoms. The average Bonchev–Trinajstić information content (AvgIpc) is 2.71. The summed E-state index contributed by atoms with van der Waals surface area (Å²) in [6.45, 7) is 3.39. The van der Waals surface area contributed by atoms with E-state index in [4.69, 9.17) is 17.3 Å². The van der Waals surface area contributed by atoms with E-state index in [9.17, 15) is 0 Å². The third-order valence-corrected chi connectivity index (χ3v) is 2.74.